The summed E-state index contributed by atoms with van der Waals surface area (Å²) in [6, 6.07) is 0. The maximum absolute atomic E-state index is 11.6. The molecule has 0 aromatic carbocycles. The van der Waals surface area contributed by atoms with E-state index in [0.29, 0.717) is 0 Å². The minimum Gasteiger partial charge on any atom is -0.469 e. The zero-order valence-electron chi connectivity index (χ0n) is 9.09. The van der Waals surface area contributed by atoms with Gasteiger partial charge in [-0.1, -0.05) is 13.8 Å². The van der Waals surface area contributed by atoms with Crippen molar-refractivity contribution in [2.24, 2.45) is 10.8 Å². The normalized spacial score (nSPS) is 30.3. The third-order valence-corrected chi connectivity index (χ3v) is 3.76. The number of ether oxygens (including phenoxy) is 1. The molecule has 0 saturated heterocycles. The van der Waals surface area contributed by atoms with Crippen molar-refractivity contribution in [3.8, 4) is 0 Å². The number of methoxy groups -OCH3 is 1. The molecule has 2 aliphatic carbocycles. The lowest BCUT2D eigenvalue weighted by Crippen LogP contribution is -2.57. The molecule has 0 heterocycles. The minimum absolute atomic E-state index is 0.179. The van der Waals surface area contributed by atoms with Gasteiger partial charge in [0.25, 0.3) is 0 Å². The molecule has 2 aliphatic rings. The van der Waals surface area contributed by atoms with Crippen molar-refractivity contribution in [2.45, 2.75) is 45.1 Å². The van der Waals surface area contributed by atoms with E-state index in [2.05, 4.69) is 13.8 Å². The molecule has 0 atom stereocenters. The van der Waals surface area contributed by atoms with Gasteiger partial charge in [0.1, 0.15) is 0 Å². The van der Waals surface area contributed by atoms with E-state index in [4.69, 9.17) is 4.74 Å². The van der Waals surface area contributed by atoms with Crippen LogP contribution in [0.1, 0.15) is 39.5 Å². The van der Waals surface area contributed by atoms with Crippen LogP contribution in [0.15, 0.2) is 0 Å². The van der Waals surface area contributed by atoms with Gasteiger partial charge in [-0.05, 0) is 31.1 Å². The molecule has 0 aromatic heterocycles. The third-order valence-electron chi connectivity index (χ3n) is 3.76. The van der Waals surface area contributed by atoms with E-state index in [-0.39, 0.29) is 11.4 Å². The van der Waals surface area contributed by atoms with Gasteiger partial charge < -0.3 is 9.84 Å². The van der Waals surface area contributed by atoms with Crippen molar-refractivity contribution in [3.05, 3.63) is 0 Å². The lowest BCUT2D eigenvalue weighted by Gasteiger charge is -2.53. The Kier molecular flexibility index (Phi) is 1.79. The summed E-state index contributed by atoms with van der Waals surface area (Å²) >= 11 is 0. The predicted octanol–water partition coefficient (Wildman–Crippen LogP) is 1.49. The van der Waals surface area contributed by atoms with Gasteiger partial charge in [0.15, 0.2) is 0 Å². The maximum atomic E-state index is 11.6. The lowest BCUT2D eigenvalue weighted by atomic mass is 9.55. The summed E-state index contributed by atoms with van der Waals surface area (Å²) in [5.41, 5.74) is -1.17. The van der Waals surface area contributed by atoms with E-state index >= 15 is 0 Å². The summed E-state index contributed by atoms with van der Waals surface area (Å²) in [7, 11) is 1.40. The largest absolute Gasteiger partial charge is 0.469 e. The van der Waals surface area contributed by atoms with E-state index in [1.807, 2.05) is 0 Å². The van der Waals surface area contributed by atoms with Crippen LogP contribution in [-0.4, -0.2) is 23.8 Å². The van der Waals surface area contributed by atoms with Crippen LogP contribution in [0.3, 0.4) is 0 Å². The average Bonchev–Trinajstić information content (AvgIpc) is 2.79. The van der Waals surface area contributed by atoms with Crippen molar-refractivity contribution in [3.63, 3.8) is 0 Å². The predicted molar refractivity (Wildman–Crippen MR) is 51.6 cm³/mol. The average molecular weight is 198 g/mol. The Labute approximate surface area is 84.4 Å². The zero-order chi connectivity index (χ0) is 10.6. The number of rotatable bonds is 2. The highest BCUT2D eigenvalue weighted by molar-refractivity contribution is 5.81. The molecule has 3 heteroatoms. The highest BCUT2D eigenvalue weighted by Crippen LogP contribution is 2.66. The Bertz CT molecular complexity index is 268. The van der Waals surface area contributed by atoms with Crippen molar-refractivity contribution >= 4 is 5.97 Å². The van der Waals surface area contributed by atoms with Gasteiger partial charge >= 0.3 is 5.97 Å². The maximum Gasteiger partial charge on any atom is 0.314 e. The van der Waals surface area contributed by atoms with Gasteiger partial charge in [-0.25, -0.2) is 0 Å². The molecule has 0 unspecified atom stereocenters. The molecular weight excluding hydrogens is 180 g/mol. The first-order valence-electron chi connectivity index (χ1n) is 5.16. The fraction of sp³-hybridized carbons (Fsp3) is 0.909. The van der Waals surface area contributed by atoms with Gasteiger partial charge in [0, 0.05) is 0 Å². The monoisotopic (exact) mass is 198 g/mol. The quantitative estimate of drug-likeness (QED) is 0.684. The molecule has 0 aliphatic heterocycles. The second kappa shape index (κ2) is 2.51. The highest BCUT2D eigenvalue weighted by Gasteiger charge is 2.70. The molecule has 0 bridgehead atoms. The molecule has 2 saturated carbocycles. The van der Waals surface area contributed by atoms with Crippen LogP contribution in [0.4, 0.5) is 0 Å². The summed E-state index contributed by atoms with van der Waals surface area (Å²) in [5.74, 6) is -0.226. The fourth-order valence-electron chi connectivity index (χ4n) is 3.05. The molecule has 2 rings (SSSR count). The Morgan fingerprint density at radius 2 is 1.79 bits per heavy atom. The topological polar surface area (TPSA) is 46.5 Å². The van der Waals surface area contributed by atoms with Crippen LogP contribution >= 0.6 is 0 Å². The van der Waals surface area contributed by atoms with E-state index in [9.17, 15) is 9.90 Å². The van der Waals surface area contributed by atoms with Crippen LogP contribution in [0, 0.1) is 10.8 Å². The van der Waals surface area contributed by atoms with Gasteiger partial charge in [-0.2, -0.15) is 0 Å². The molecule has 80 valence electrons. The van der Waals surface area contributed by atoms with Gasteiger partial charge in [-0.15, -0.1) is 0 Å². The van der Waals surface area contributed by atoms with Gasteiger partial charge in [0.05, 0.1) is 18.1 Å². The molecule has 0 aromatic rings. The van der Waals surface area contributed by atoms with Crippen molar-refractivity contribution in [2.75, 3.05) is 7.11 Å². The molecule has 2 fully saturated rings. The zero-order valence-corrected chi connectivity index (χ0v) is 9.09. The summed E-state index contributed by atoms with van der Waals surface area (Å²) in [6.45, 7) is 4.24. The number of hydrogen-bond donors (Lipinski definition) is 1. The second-order valence-corrected chi connectivity index (χ2v) is 5.62. The first-order valence-corrected chi connectivity index (χ1v) is 5.16. The van der Waals surface area contributed by atoms with Crippen molar-refractivity contribution in [1.29, 1.82) is 0 Å². The molecule has 14 heavy (non-hydrogen) atoms. The molecule has 0 spiro atoms. The minimum atomic E-state index is -0.788. The Hall–Kier alpha value is -0.570. The number of carbonyl (C=O) groups is 1. The van der Waals surface area contributed by atoms with Gasteiger partial charge in [-0.3, -0.25) is 4.79 Å². The van der Waals surface area contributed by atoms with Crippen LogP contribution in [0.2, 0.25) is 0 Å². The van der Waals surface area contributed by atoms with E-state index < -0.39 is 11.0 Å². The first-order chi connectivity index (χ1) is 6.35. The number of aliphatic hydroxyl groups is 1. The summed E-state index contributed by atoms with van der Waals surface area (Å²) < 4.78 is 4.77. The van der Waals surface area contributed by atoms with E-state index in [0.717, 1.165) is 25.7 Å². The van der Waals surface area contributed by atoms with Crippen molar-refractivity contribution < 1.29 is 14.6 Å². The van der Waals surface area contributed by atoms with E-state index in [1.54, 1.807) is 0 Å². The first kappa shape index (κ1) is 9.97. The molecule has 0 radical (unpaired) electrons. The molecule has 0 amide bonds. The summed E-state index contributed by atoms with van der Waals surface area (Å²) in [5, 5.41) is 10.3. The Morgan fingerprint density at radius 1 is 1.29 bits per heavy atom. The van der Waals surface area contributed by atoms with Crippen LogP contribution < -0.4 is 0 Å². The summed E-state index contributed by atoms with van der Waals surface area (Å²) in [4.78, 5) is 11.6. The molecule has 1 N–H and O–H groups in total. The standard InChI is InChI=1S/C11H18O3/c1-9(2)6-11(13,7-9)10(4-5-10)8(12)14-3/h13H,4-7H2,1-3H3. The van der Waals surface area contributed by atoms with Crippen LogP contribution in [-0.2, 0) is 9.53 Å². The Balaban J connectivity index is 2.13. The smallest absolute Gasteiger partial charge is 0.314 e. The third kappa shape index (κ3) is 1.11. The van der Waals surface area contributed by atoms with Crippen LogP contribution in [0.5, 0.6) is 0 Å². The second-order valence-electron chi connectivity index (χ2n) is 5.62. The number of esters is 1. The highest BCUT2D eigenvalue weighted by atomic mass is 16.5. The lowest BCUT2D eigenvalue weighted by molar-refractivity contribution is -0.188. The molecule has 3 nitrogen and oxygen atoms in total. The van der Waals surface area contributed by atoms with Crippen molar-refractivity contribution in [1.82, 2.24) is 0 Å². The number of carbonyl (C=O) groups excluding carboxylic acids is 1. The van der Waals surface area contributed by atoms with Crippen LogP contribution in [0.25, 0.3) is 0 Å². The molecular formula is C11H18O3. The fourth-order valence-corrected chi connectivity index (χ4v) is 3.05. The Morgan fingerprint density at radius 3 is 2.07 bits per heavy atom. The van der Waals surface area contributed by atoms with Gasteiger partial charge in [0.2, 0.25) is 0 Å². The summed E-state index contributed by atoms with van der Waals surface area (Å²) in [6.07, 6.45) is 3.00. The number of hydrogen-bond acceptors (Lipinski definition) is 3. The SMILES string of the molecule is COC(=O)C1(C2(O)CC(C)(C)C2)CC1. The van der Waals surface area contributed by atoms with E-state index in [1.165, 1.54) is 7.11 Å².